The van der Waals surface area contributed by atoms with E-state index in [4.69, 9.17) is 0 Å². The number of halogens is 3. The van der Waals surface area contributed by atoms with Gasteiger partial charge >= 0.3 is 6.18 Å². The second-order valence-electron chi connectivity index (χ2n) is 8.09. The predicted octanol–water partition coefficient (Wildman–Crippen LogP) is 4.73. The van der Waals surface area contributed by atoms with Crippen LogP contribution in [0, 0.1) is 6.92 Å². The molecule has 0 bridgehead atoms. The quantitative estimate of drug-likeness (QED) is 0.403. The number of amides is 2. The van der Waals surface area contributed by atoms with Crippen molar-refractivity contribution in [3.8, 4) is 10.4 Å². The Balaban J connectivity index is 1.32. The second kappa shape index (κ2) is 9.58. The van der Waals surface area contributed by atoms with E-state index >= 15 is 0 Å². The fourth-order valence-corrected chi connectivity index (χ4v) is 6.08. The van der Waals surface area contributed by atoms with Crippen LogP contribution in [0.15, 0.2) is 54.9 Å². The third kappa shape index (κ3) is 4.70. The van der Waals surface area contributed by atoms with Gasteiger partial charge in [0, 0.05) is 25.0 Å². The number of carbonyl (C=O) groups excluding carboxylic acids is 2. The number of pyridine rings is 1. The van der Waals surface area contributed by atoms with Crippen LogP contribution in [0.3, 0.4) is 0 Å². The van der Waals surface area contributed by atoms with Crippen LogP contribution in [0.2, 0.25) is 0 Å². The summed E-state index contributed by atoms with van der Waals surface area (Å²) < 4.78 is 40.6. The lowest BCUT2D eigenvalue weighted by Gasteiger charge is -2.23. The molecule has 1 aromatic carbocycles. The van der Waals surface area contributed by atoms with Crippen LogP contribution < -0.4 is 5.32 Å². The smallest absolute Gasteiger partial charge is 0.348 e. The van der Waals surface area contributed by atoms with Gasteiger partial charge in [-0.2, -0.15) is 13.2 Å². The van der Waals surface area contributed by atoms with Crippen molar-refractivity contribution in [1.29, 1.82) is 0 Å². The van der Waals surface area contributed by atoms with Gasteiger partial charge in [0.1, 0.15) is 17.0 Å². The highest BCUT2D eigenvalue weighted by molar-refractivity contribution is 8.00. The third-order valence-electron chi connectivity index (χ3n) is 5.75. The molecular weight excluding hydrogens is 511 g/mol. The molecule has 1 N–H and O–H groups in total. The number of rotatable bonds is 5. The Morgan fingerprint density at radius 3 is 2.69 bits per heavy atom. The van der Waals surface area contributed by atoms with Crippen LogP contribution in [-0.4, -0.2) is 55.3 Å². The first kappa shape index (κ1) is 24.3. The predicted molar refractivity (Wildman–Crippen MR) is 132 cm³/mol. The molecule has 2 amide bonds. The van der Waals surface area contributed by atoms with E-state index in [1.807, 2.05) is 12.1 Å². The zero-order chi connectivity index (χ0) is 25.4. The summed E-state index contributed by atoms with van der Waals surface area (Å²) in [6, 6.07) is 10.2. The fraction of sp³-hybridized carbons (Fsp3) is 0.250. The van der Waals surface area contributed by atoms with Crippen molar-refractivity contribution in [3.05, 3.63) is 76.8 Å². The molecule has 1 atom stereocenters. The number of thioether (sulfide) groups is 1. The van der Waals surface area contributed by atoms with E-state index in [-0.39, 0.29) is 29.4 Å². The van der Waals surface area contributed by atoms with Crippen molar-refractivity contribution in [3.63, 3.8) is 0 Å². The van der Waals surface area contributed by atoms with Gasteiger partial charge in [0.2, 0.25) is 0 Å². The lowest BCUT2D eigenvalue weighted by molar-refractivity contribution is -0.137. The van der Waals surface area contributed by atoms with Gasteiger partial charge in [-0.15, -0.1) is 23.1 Å². The average Bonchev–Trinajstić information content (AvgIpc) is 3.59. The molecule has 4 aromatic rings. The highest BCUT2D eigenvalue weighted by Gasteiger charge is 2.34. The minimum absolute atomic E-state index is 0.206. The number of alkyl halides is 3. The van der Waals surface area contributed by atoms with Gasteiger partial charge in [-0.1, -0.05) is 18.2 Å². The molecule has 186 valence electrons. The number of hydrogen-bond acceptors (Lipinski definition) is 6. The normalized spacial score (nSPS) is 16.0. The summed E-state index contributed by atoms with van der Waals surface area (Å²) in [5.74, 6) is 0.0810. The van der Waals surface area contributed by atoms with Crippen LogP contribution in [-0.2, 0) is 6.18 Å². The van der Waals surface area contributed by atoms with E-state index in [0.29, 0.717) is 39.1 Å². The molecule has 7 nitrogen and oxygen atoms in total. The first-order valence-electron chi connectivity index (χ1n) is 11.0. The number of thiazole rings is 1. The molecule has 1 fully saturated rings. The van der Waals surface area contributed by atoms with E-state index in [9.17, 15) is 22.8 Å². The number of hydrogen-bond donors (Lipinski definition) is 1. The van der Waals surface area contributed by atoms with Crippen LogP contribution in [0.25, 0.3) is 16.1 Å². The maximum absolute atomic E-state index is 13.5. The van der Waals surface area contributed by atoms with Gasteiger partial charge in [0.25, 0.3) is 11.8 Å². The number of imidazole rings is 1. The molecule has 1 aliphatic rings. The Bertz CT molecular complexity index is 1430. The van der Waals surface area contributed by atoms with E-state index in [2.05, 4.69) is 15.3 Å². The maximum atomic E-state index is 13.5. The Morgan fingerprint density at radius 2 is 1.94 bits per heavy atom. The van der Waals surface area contributed by atoms with E-state index in [1.54, 1.807) is 40.2 Å². The third-order valence-corrected chi connectivity index (χ3v) is 7.99. The summed E-state index contributed by atoms with van der Waals surface area (Å²) in [5, 5.41) is 3.22. The van der Waals surface area contributed by atoms with Gasteiger partial charge in [0.15, 0.2) is 0 Å². The van der Waals surface area contributed by atoms with E-state index in [1.165, 1.54) is 29.7 Å². The largest absolute Gasteiger partial charge is 0.416 e. The standard InChI is InChI=1S/C24H20F3N5O2S2/c1-14-30-20(21(36-14)15-5-7-16(8-6-15)24(25,26)27)23(34)32-10-11-35-19(32)13-29-22(33)17-12-28-18-4-2-3-9-31(17)18/h2-9,12,19H,10-11,13H2,1H3,(H,29,33). The first-order chi connectivity index (χ1) is 17.2. The molecular formula is C24H20F3N5O2S2. The zero-order valence-electron chi connectivity index (χ0n) is 19.0. The first-order valence-corrected chi connectivity index (χ1v) is 12.9. The van der Waals surface area contributed by atoms with Crippen LogP contribution >= 0.6 is 23.1 Å². The lowest BCUT2D eigenvalue weighted by atomic mass is 10.1. The molecule has 12 heteroatoms. The molecule has 1 saturated heterocycles. The molecule has 0 radical (unpaired) electrons. The van der Waals surface area contributed by atoms with Crippen molar-refractivity contribution in [2.24, 2.45) is 0 Å². The van der Waals surface area contributed by atoms with Crippen molar-refractivity contribution in [1.82, 2.24) is 24.6 Å². The Labute approximate surface area is 212 Å². The lowest BCUT2D eigenvalue weighted by Crippen LogP contribution is -2.42. The Kier molecular flexibility index (Phi) is 6.47. The number of benzene rings is 1. The van der Waals surface area contributed by atoms with Gasteiger partial charge in [-0.25, -0.2) is 9.97 Å². The van der Waals surface area contributed by atoms with Crippen LogP contribution in [0.1, 0.15) is 31.5 Å². The molecule has 1 aliphatic heterocycles. The summed E-state index contributed by atoms with van der Waals surface area (Å²) >= 11 is 2.81. The molecule has 1 unspecified atom stereocenters. The van der Waals surface area contributed by atoms with Gasteiger partial charge in [-0.3, -0.25) is 14.0 Å². The summed E-state index contributed by atoms with van der Waals surface area (Å²) in [4.78, 5) is 37.1. The van der Waals surface area contributed by atoms with Crippen molar-refractivity contribution < 1.29 is 22.8 Å². The molecule has 0 saturated carbocycles. The molecule has 0 spiro atoms. The van der Waals surface area contributed by atoms with Crippen molar-refractivity contribution >= 4 is 40.6 Å². The number of carbonyl (C=O) groups is 2. The summed E-state index contributed by atoms with van der Waals surface area (Å²) in [6.07, 6.45) is -1.18. The highest BCUT2D eigenvalue weighted by atomic mass is 32.2. The minimum atomic E-state index is -4.44. The summed E-state index contributed by atoms with van der Waals surface area (Å²) in [5.41, 5.74) is 1.01. The van der Waals surface area contributed by atoms with Crippen LogP contribution in [0.4, 0.5) is 13.2 Å². The fourth-order valence-electron chi connectivity index (χ4n) is 4.01. The number of nitrogens with one attached hydrogen (secondary N) is 1. The second-order valence-corrected chi connectivity index (χ2v) is 10.6. The molecule has 4 heterocycles. The number of fused-ring (bicyclic) bond motifs is 1. The molecule has 5 rings (SSSR count). The van der Waals surface area contributed by atoms with E-state index in [0.717, 1.165) is 12.1 Å². The van der Waals surface area contributed by atoms with Crippen molar-refractivity contribution in [2.45, 2.75) is 18.5 Å². The SMILES string of the molecule is Cc1nc(C(=O)N2CCSC2CNC(=O)c2cnc3ccccn23)c(-c2ccc(C(F)(F)F)cc2)s1. The van der Waals surface area contributed by atoms with E-state index < -0.39 is 11.7 Å². The summed E-state index contributed by atoms with van der Waals surface area (Å²) in [7, 11) is 0. The zero-order valence-corrected chi connectivity index (χ0v) is 20.6. The number of nitrogens with zero attached hydrogens (tertiary/aromatic N) is 4. The minimum Gasteiger partial charge on any atom is -0.348 e. The Morgan fingerprint density at radius 1 is 1.17 bits per heavy atom. The monoisotopic (exact) mass is 531 g/mol. The van der Waals surface area contributed by atoms with Gasteiger partial charge in [0.05, 0.1) is 27.0 Å². The maximum Gasteiger partial charge on any atom is 0.416 e. The summed E-state index contributed by atoms with van der Waals surface area (Å²) in [6.45, 7) is 2.46. The molecule has 0 aliphatic carbocycles. The van der Waals surface area contributed by atoms with Gasteiger partial charge in [-0.05, 0) is 36.8 Å². The Hall–Kier alpha value is -3.38. The average molecular weight is 532 g/mol. The molecule has 36 heavy (non-hydrogen) atoms. The van der Waals surface area contributed by atoms with Crippen LogP contribution in [0.5, 0.6) is 0 Å². The number of aromatic nitrogens is 3. The number of aryl methyl sites for hydroxylation is 1. The van der Waals surface area contributed by atoms with Gasteiger partial charge < -0.3 is 10.2 Å². The topological polar surface area (TPSA) is 79.6 Å². The highest BCUT2D eigenvalue weighted by Crippen LogP contribution is 2.36. The molecule has 3 aromatic heterocycles. The van der Waals surface area contributed by atoms with Crippen molar-refractivity contribution in [2.75, 3.05) is 18.8 Å².